The Labute approximate surface area is 119 Å². The molecule has 0 unspecified atom stereocenters. The number of benzene rings is 2. The van der Waals surface area contributed by atoms with Gasteiger partial charge >= 0.3 is 0 Å². The molecule has 0 aliphatic rings. The number of nitrogens with zero attached hydrogens (tertiary/aromatic N) is 1. The zero-order valence-electron chi connectivity index (χ0n) is 11.0. The van der Waals surface area contributed by atoms with Crippen LogP contribution >= 0.6 is 0 Å². The fourth-order valence-corrected chi connectivity index (χ4v) is 1.93. The Kier molecular flexibility index (Phi) is 4.47. The van der Waals surface area contributed by atoms with E-state index < -0.39 is 11.6 Å². The molecule has 6 heteroatoms. The van der Waals surface area contributed by atoms with E-state index in [9.17, 15) is 18.0 Å². The van der Waals surface area contributed by atoms with E-state index in [-0.39, 0.29) is 23.7 Å². The number of halogens is 3. The molecule has 0 aliphatic carbocycles. The first kappa shape index (κ1) is 14.9. The highest BCUT2D eigenvalue weighted by Gasteiger charge is 2.13. The largest absolute Gasteiger partial charge is 0.397 e. The van der Waals surface area contributed by atoms with E-state index in [1.54, 1.807) is 12.1 Å². The highest BCUT2D eigenvalue weighted by Crippen LogP contribution is 2.25. The Balaban J connectivity index is 2.15. The van der Waals surface area contributed by atoms with Crippen LogP contribution in [0.3, 0.4) is 0 Å². The Morgan fingerprint density at radius 2 is 1.67 bits per heavy atom. The highest BCUT2D eigenvalue weighted by atomic mass is 19.2. The molecule has 2 N–H and O–H groups in total. The van der Waals surface area contributed by atoms with E-state index >= 15 is 0 Å². The predicted octanol–water partition coefficient (Wildman–Crippen LogP) is 2.89. The first-order valence-electron chi connectivity index (χ1n) is 6.22. The number of hydrogen-bond donors (Lipinski definition) is 1. The molecule has 0 bridgehead atoms. The maximum absolute atomic E-state index is 13.2. The van der Waals surface area contributed by atoms with Crippen molar-refractivity contribution < 1.29 is 18.0 Å². The number of hydrogen-bond acceptors (Lipinski definition) is 2. The van der Waals surface area contributed by atoms with Crippen molar-refractivity contribution in [1.82, 2.24) is 0 Å². The lowest BCUT2D eigenvalue weighted by molar-refractivity contribution is -0.107. The molecule has 2 aromatic carbocycles. The van der Waals surface area contributed by atoms with Gasteiger partial charge in [-0.25, -0.2) is 13.2 Å². The first-order chi connectivity index (χ1) is 10.0. The van der Waals surface area contributed by atoms with Crippen molar-refractivity contribution in [2.24, 2.45) is 0 Å². The zero-order chi connectivity index (χ0) is 15.4. The number of nitrogen functional groups attached to an aromatic ring is 1. The van der Waals surface area contributed by atoms with Gasteiger partial charge in [-0.3, -0.25) is 4.79 Å². The van der Waals surface area contributed by atoms with Crippen LogP contribution in [0.5, 0.6) is 0 Å². The van der Waals surface area contributed by atoms with E-state index in [1.165, 1.54) is 17.0 Å². The van der Waals surface area contributed by atoms with Crippen molar-refractivity contribution in [3.05, 3.63) is 59.4 Å². The third-order valence-corrected chi connectivity index (χ3v) is 3.06. The molecule has 0 heterocycles. The topological polar surface area (TPSA) is 46.3 Å². The predicted molar refractivity (Wildman–Crippen MR) is 74.3 cm³/mol. The summed E-state index contributed by atoms with van der Waals surface area (Å²) in [6.07, 6.45) is 0.921. The SMILES string of the molecule is Nc1cc(F)c(F)cc1N(C=O)CCc1ccc(F)cc1. The molecule has 2 aromatic rings. The van der Waals surface area contributed by atoms with Crippen molar-refractivity contribution >= 4 is 17.8 Å². The molecule has 1 amide bonds. The molecule has 0 radical (unpaired) electrons. The lowest BCUT2D eigenvalue weighted by Crippen LogP contribution is -2.25. The van der Waals surface area contributed by atoms with Crippen LogP contribution in [0.1, 0.15) is 5.56 Å². The summed E-state index contributed by atoms with van der Waals surface area (Å²) in [5, 5.41) is 0. The Hall–Kier alpha value is -2.50. The van der Waals surface area contributed by atoms with Gasteiger partial charge in [0, 0.05) is 18.7 Å². The lowest BCUT2D eigenvalue weighted by atomic mass is 10.1. The van der Waals surface area contributed by atoms with E-state index in [0.717, 1.165) is 17.7 Å². The molecule has 21 heavy (non-hydrogen) atoms. The number of carbonyl (C=O) groups excluding carboxylic acids is 1. The van der Waals surface area contributed by atoms with Crippen LogP contribution in [-0.2, 0) is 11.2 Å². The molecule has 0 saturated carbocycles. The maximum Gasteiger partial charge on any atom is 0.214 e. The van der Waals surface area contributed by atoms with Gasteiger partial charge in [0.25, 0.3) is 0 Å². The van der Waals surface area contributed by atoms with Gasteiger partial charge in [0.05, 0.1) is 11.4 Å². The van der Waals surface area contributed by atoms with Gasteiger partial charge in [-0.1, -0.05) is 12.1 Å². The quantitative estimate of drug-likeness (QED) is 0.681. The molecule has 110 valence electrons. The molecule has 0 aromatic heterocycles. The van der Waals surface area contributed by atoms with Crippen LogP contribution in [0.2, 0.25) is 0 Å². The van der Waals surface area contributed by atoms with E-state index in [0.29, 0.717) is 12.8 Å². The van der Waals surface area contributed by atoms with Crippen molar-refractivity contribution in [1.29, 1.82) is 0 Å². The van der Waals surface area contributed by atoms with Crippen molar-refractivity contribution in [3.8, 4) is 0 Å². The van der Waals surface area contributed by atoms with Crippen LogP contribution in [0, 0.1) is 17.5 Å². The fraction of sp³-hybridized carbons (Fsp3) is 0.133. The summed E-state index contributed by atoms with van der Waals surface area (Å²) in [6, 6.07) is 7.52. The Morgan fingerprint density at radius 3 is 2.29 bits per heavy atom. The number of carbonyl (C=O) groups is 1. The van der Waals surface area contributed by atoms with Gasteiger partial charge in [-0.2, -0.15) is 0 Å². The summed E-state index contributed by atoms with van der Waals surface area (Å²) in [5.41, 5.74) is 6.48. The summed E-state index contributed by atoms with van der Waals surface area (Å²) >= 11 is 0. The first-order valence-corrected chi connectivity index (χ1v) is 6.22. The summed E-state index contributed by atoms with van der Waals surface area (Å²) < 4.78 is 39.1. The number of amides is 1. The van der Waals surface area contributed by atoms with Crippen LogP contribution in [0.4, 0.5) is 24.5 Å². The lowest BCUT2D eigenvalue weighted by Gasteiger charge is -2.19. The van der Waals surface area contributed by atoms with Gasteiger partial charge in [0.15, 0.2) is 11.6 Å². The van der Waals surface area contributed by atoms with Crippen LogP contribution in [-0.4, -0.2) is 13.0 Å². The zero-order valence-corrected chi connectivity index (χ0v) is 11.0. The molecule has 2 rings (SSSR count). The molecular weight excluding hydrogens is 281 g/mol. The van der Waals surface area contributed by atoms with Crippen molar-refractivity contribution in [2.75, 3.05) is 17.2 Å². The van der Waals surface area contributed by atoms with Gasteiger partial charge in [0.2, 0.25) is 6.41 Å². The van der Waals surface area contributed by atoms with Gasteiger partial charge in [0.1, 0.15) is 5.82 Å². The summed E-state index contributed by atoms with van der Waals surface area (Å²) in [6.45, 7) is 0.213. The standard InChI is InChI=1S/C15H13F3N2O/c16-11-3-1-10(2-4-11)5-6-20(9-21)15-8-13(18)12(17)7-14(15)19/h1-4,7-9H,5-6,19H2. The second kappa shape index (κ2) is 6.30. The Morgan fingerprint density at radius 1 is 1.05 bits per heavy atom. The molecule has 0 saturated heterocycles. The number of rotatable bonds is 5. The second-order valence-electron chi connectivity index (χ2n) is 4.50. The molecular formula is C15H13F3N2O. The van der Waals surface area contributed by atoms with Crippen LogP contribution < -0.4 is 10.6 Å². The summed E-state index contributed by atoms with van der Waals surface area (Å²) in [4.78, 5) is 12.3. The normalized spacial score (nSPS) is 10.4. The van der Waals surface area contributed by atoms with E-state index in [2.05, 4.69) is 0 Å². The van der Waals surface area contributed by atoms with E-state index in [1.807, 2.05) is 0 Å². The molecule has 0 aliphatic heterocycles. The minimum Gasteiger partial charge on any atom is -0.397 e. The van der Waals surface area contributed by atoms with Crippen molar-refractivity contribution in [2.45, 2.75) is 6.42 Å². The number of nitrogens with two attached hydrogens (primary N) is 1. The minimum absolute atomic E-state index is 0.0277. The fourth-order valence-electron chi connectivity index (χ4n) is 1.93. The highest BCUT2D eigenvalue weighted by molar-refractivity contribution is 5.82. The van der Waals surface area contributed by atoms with Gasteiger partial charge in [-0.15, -0.1) is 0 Å². The van der Waals surface area contributed by atoms with Crippen molar-refractivity contribution in [3.63, 3.8) is 0 Å². The smallest absolute Gasteiger partial charge is 0.214 e. The molecule has 0 spiro atoms. The molecule has 0 fully saturated rings. The summed E-state index contributed by atoms with van der Waals surface area (Å²) in [7, 11) is 0. The Bertz CT molecular complexity index is 644. The number of anilines is 2. The third-order valence-electron chi connectivity index (χ3n) is 3.06. The molecule has 0 atom stereocenters. The van der Waals surface area contributed by atoms with Gasteiger partial charge in [-0.05, 0) is 24.1 Å². The minimum atomic E-state index is -1.08. The summed E-state index contributed by atoms with van der Waals surface area (Å²) in [5.74, 6) is -2.50. The second-order valence-corrected chi connectivity index (χ2v) is 4.50. The monoisotopic (exact) mass is 294 g/mol. The average molecular weight is 294 g/mol. The van der Waals surface area contributed by atoms with Crippen LogP contribution in [0.25, 0.3) is 0 Å². The third kappa shape index (κ3) is 3.53. The van der Waals surface area contributed by atoms with Gasteiger partial charge < -0.3 is 10.6 Å². The van der Waals surface area contributed by atoms with Crippen LogP contribution in [0.15, 0.2) is 36.4 Å². The average Bonchev–Trinajstić information content (AvgIpc) is 2.46. The van der Waals surface area contributed by atoms with E-state index in [4.69, 9.17) is 5.73 Å². The molecule has 3 nitrogen and oxygen atoms in total. The maximum atomic E-state index is 13.2.